The number of hydrogen-bond donors (Lipinski definition) is 1. The summed E-state index contributed by atoms with van der Waals surface area (Å²) in [7, 11) is 0. The van der Waals surface area contributed by atoms with E-state index in [0.717, 1.165) is 50.8 Å². The highest BCUT2D eigenvalue weighted by atomic mass is 19.1. The number of nitrogens with zero attached hydrogens (tertiary/aromatic N) is 2. The second kappa shape index (κ2) is 9.01. The largest absolute Gasteiger partial charge is 0.348 e. The number of halogens is 1. The third-order valence-electron chi connectivity index (χ3n) is 9.01. The molecule has 1 N–H and O–H groups in total. The quantitative estimate of drug-likeness (QED) is 0.742. The van der Waals surface area contributed by atoms with Crippen LogP contribution in [0.4, 0.5) is 4.39 Å². The van der Waals surface area contributed by atoms with Gasteiger partial charge in [0.1, 0.15) is 5.82 Å². The molecule has 4 fully saturated rings. The normalized spacial score (nSPS) is 31.0. The van der Waals surface area contributed by atoms with Crippen molar-refractivity contribution in [3.63, 3.8) is 0 Å². The van der Waals surface area contributed by atoms with E-state index >= 15 is 0 Å². The second-order valence-electron chi connectivity index (χ2n) is 11.2. The van der Waals surface area contributed by atoms with Crippen molar-refractivity contribution >= 4 is 11.8 Å². The molecule has 3 saturated heterocycles. The van der Waals surface area contributed by atoms with Gasteiger partial charge in [0.25, 0.3) is 0 Å². The van der Waals surface area contributed by atoms with E-state index in [9.17, 15) is 14.0 Å². The van der Waals surface area contributed by atoms with E-state index in [0.29, 0.717) is 25.6 Å². The van der Waals surface area contributed by atoms with Gasteiger partial charge in [0.05, 0.1) is 5.54 Å². The number of piperidine rings is 1. The summed E-state index contributed by atoms with van der Waals surface area (Å²) in [6, 6.07) is 7.43. The van der Waals surface area contributed by atoms with Crippen molar-refractivity contribution in [2.24, 2.45) is 5.41 Å². The van der Waals surface area contributed by atoms with Crippen molar-refractivity contribution in [1.82, 2.24) is 15.1 Å². The van der Waals surface area contributed by atoms with Crippen LogP contribution in [0.5, 0.6) is 0 Å². The van der Waals surface area contributed by atoms with Crippen molar-refractivity contribution in [2.45, 2.75) is 88.6 Å². The van der Waals surface area contributed by atoms with E-state index in [1.54, 1.807) is 12.1 Å². The van der Waals surface area contributed by atoms with Crippen LogP contribution in [0, 0.1) is 11.2 Å². The molecule has 1 saturated carbocycles. The van der Waals surface area contributed by atoms with E-state index < -0.39 is 5.54 Å². The molecule has 1 aromatic carbocycles. The third kappa shape index (κ3) is 4.43. The predicted octanol–water partition coefficient (Wildman–Crippen LogP) is 4.23. The van der Waals surface area contributed by atoms with E-state index in [4.69, 9.17) is 0 Å². The van der Waals surface area contributed by atoms with Crippen LogP contribution in [0.25, 0.3) is 0 Å². The van der Waals surface area contributed by atoms with Crippen LogP contribution in [-0.4, -0.2) is 59.4 Å². The van der Waals surface area contributed by atoms with Gasteiger partial charge in [-0.1, -0.05) is 38.3 Å². The van der Waals surface area contributed by atoms with Gasteiger partial charge in [-0.05, 0) is 69.3 Å². The highest BCUT2D eigenvalue weighted by Gasteiger charge is 2.52. The maximum Gasteiger partial charge on any atom is 0.228 e. The lowest BCUT2D eigenvalue weighted by atomic mass is 9.78. The van der Waals surface area contributed by atoms with E-state index in [1.165, 1.54) is 31.7 Å². The number of hydrogen-bond acceptors (Lipinski definition) is 3. The Hall–Kier alpha value is -1.95. The van der Waals surface area contributed by atoms with Gasteiger partial charge in [-0.2, -0.15) is 0 Å². The lowest BCUT2D eigenvalue weighted by Crippen LogP contribution is -2.54. The number of likely N-dealkylation sites (tertiary alicyclic amines) is 2. The van der Waals surface area contributed by atoms with Crippen molar-refractivity contribution < 1.29 is 14.0 Å². The number of amides is 2. The van der Waals surface area contributed by atoms with Gasteiger partial charge in [-0.3, -0.25) is 9.59 Å². The molecule has 3 heterocycles. The van der Waals surface area contributed by atoms with Crippen LogP contribution in [0.1, 0.15) is 82.6 Å². The molecule has 1 aromatic rings. The number of benzene rings is 1. The average molecular weight is 456 g/mol. The SMILES string of the molecule is CC1(C(=O)N2C[C@@H](c3cccc(F)c3)[C@@]3(CCCCC(=O)N3)C2)CCN(C2CCCC2)CC1. The third-order valence-corrected chi connectivity index (χ3v) is 9.01. The van der Waals surface area contributed by atoms with Gasteiger partial charge in [-0.25, -0.2) is 4.39 Å². The molecule has 0 unspecified atom stereocenters. The molecule has 180 valence electrons. The van der Waals surface area contributed by atoms with Gasteiger partial charge < -0.3 is 15.1 Å². The molecule has 0 aromatic heterocycles. The molecule has 1 aliphatic carbocycles. The zero-order valence-electron chi connectivity index (χ0n) is 20.0. The molecule has 6 heteroatoms. The molecule has 3 aliphatic heterocycles. The smallest absolute Gasteiger partial charge is 0.228 e. The Morgan fingerprint density at radius 1 is 1.09 bits per heavy atom. The van der Waals surface area contributed by atoms with E-state index in [1.807, 2.05) is 11.0 Å². The molecule has 2 amide bonds. The molecule has 5 rings (SSSR count). The predicted molar refractivity (Wildman–Crippen MR) is 126 cm³/mol. The fourth-order valence-electron chi connectivity index (χ4n) is 6.97. The standard InChI is InChI=1S/C27H38FN3O2/c1-26(13-15-30(16-14-26)22-9-2-3-10-22)25(33)31-18-23(20-7-6-8-21(28)17-20)27(19-31)12-5-4-11-24(32)29-27/h6-8,17,22-23H,2-5,9-16,18-19H2,1H3,(H,29,32)/t23-,27+/m0/s1. The van der Waals surface area contributed by atoms with Gasteiger partial charge >= 0.3 is 0 Å². The first-order valence-corrected chi connectivity index (χ1v) is 13.0. The zero-order valence-corrected chi connectivity index (χ0v) is 20.0. The van der Waals surface area contributed by atoms with E-state index in [2.05, 4.69) is 17.1 Å². The van der Waals surface area contributed by atoms with Crippen molar-refractivity contribution in [2.75, 3.05) is 26.2 Å². The monoisotopic (exact) mass is 455 g/mol. The number of carbonyl (C=O) groups excluding carboxylic acids is 2. The van der Waals surface area contributed by atoms with Crippen molar-refractivity contribution in [1.29, 1.82) is 0 Å². The fourth-order valence-corrected chi connectivity index (χ4v) is 6.97. The molecule has 1 spiro atoms. The molecule has 0 bridgehead atoms. The Morgan fingerprint density at radius 2 is 1.85 bits per heavy atom. The first-order valence-electron chi connectivity index (χ1n) is 13.0. The topological polar surface area (TPSA) is 52.7 Å². The summed E-state index contributed by atoms with van der Waals surface area (Å²) in [5, 5.41) is 3.30. The van der Waals surface area contributed by atoms with Crippen molar-refractivity contribution in [3.8, 4) is 0 Å². The summed E-state index contributed by atoms with van der Waals surface area (Å²) >= 11 is 0. The zero-order chi connectivity index (χ0) is 23.1. The van der Waals surface area contributed by atoms with Crippen LogP contribution in [0.2, 0.25) is 0 Å². The van der Waals surface area contributed by atoms with Crippen LogP contribution in [-0.2, 0) is 9.59 Å². The highest BCUT2D eigenvalue weighted by molar-refractivity contribution is 5.84. The average Bonchev–Trinajstić information content (AvgIpc) is 3.41. The maximum absolute atomic E-state index is 14.1. The minimum atomic E-state index is -0.502. The summed E-state index contributed by atoms with van der Waals surface area (Å²) in [6.07, 6.45) is 10.2. The Labute approximate surface area is 197 Å². The molecular weight excluding hydrogens is 417 g/mol. The molecule has 5 nitrogen and oxygen atoms in total. The number of carbonyl (C=O) groups is 2. The minimum Gasteiger partial charge on any atom is -0.348 e. The van der Waals surface area contributed by atoms with Gasteiger partial charge in [0, 0.05) is 36.9 Å². The first-order chi connectivity index (χ1) is 15.9. The second-order valence-corrected chi connectivity index (χ2v) is 11.2. The van der Waals surface area contributed by atoms with Crippen LogP contribution in [0.15, 0.2) is 24.3 Å². The summed E-state index contributed by atoms with van der Waals surface area (Å²) < 4.78 is 14.1. The summed E-state index contributed by atoms with van der Waals surface area (Å²) in [5.74, 6) is -0.0790. The Kier molecular flexibility index (Phi) is 6.23. The molecular formula is C27H38FN3O2. The van der Waals surface area contributed by atoms with Gasteiger partial charge in [0.15, 0.2) is 0 Å². The first kappa shape index (κ1) is 22.8. The lowest BCUT2D eigenvalue weighted by molar-refractivity contribution is -0.143. The maximum atomic E-state index is 14.1. The van der Waals surface area contributed by atoms with Crippen LogP contribution in [0.3, 0.4) is 0 Å². The Bertz CT molecular complexity index is 891. The number of nitrogens with one attached hydrogen (secondary N) is 1. The lowest BCUT2D eigenvalue weighted by Gasteiger charge is -2.42. The number of rotatable bonds is 3. The van der Waals surface area contributed by atoms with Crippen LogP contribution < -0.4 is 5.32 Å². The summed E-state index contributed by atoms with van der Waals surface area (Å²) in [6.45, 7) is 5.20. The van der Waals surface area contributed by atoms with Gasteiger partial charge in [0.2, 0.25) is 11.8 Å². The molecule has 0 radical (unpaired) electrons. The Balaban J connectivity index is 1.36. The molecule has 2 atom stereocenters. The van der Waals surface area contributed by atoms with E-state index in [-0.39, 0.29) is 29.0 Å². The summed E-state index contributed by atoms with van der Waals surface area (Å²) in [5.41, 5.74) is 0.0218. The van der Waals surface area contributed by atoms with Crippen LogP contribution >= 0.6 is 0 Å². The summed E-state index contributed by atoms with van der Waals surface area (Å²) in [4.78, 5) is 31.1. The molecule has 33 heavy (non-hydrogen) atoms. The Morgan fingerprint density at radius 3 is 2.58 bits per heavy atom. The highest BCUT2D eigenvalue weighted by Crippen LogP contribution is 2.44. The van der Waals surface area contributed by atoms with Gasteiger partial charge in [-0.15, -0.1) is 0 Å². The molecule has 4 aliphatic rings. The fraction of sp³-hybridized carbons (Fsp3) is 0.704. The minimum absolute atomic E-state index is 0.0549. The van der Waals surface area contributed by atoms with Crippen molar-refractivity contribution in [3.05, 3.63) is 35.6 Å².